The first-order valence-corrected chi connectivity index (χ1v) is 8.55. The summed E-state index contributed by atoms with van der Waals surface area (Å²) in [6, 6.07) is 0. The van der Waals surface area contributed by atoms with Gasteiger partial charge in [-0.15, -0.1) is 0 Å². The first-order valence-electron chi connectivity index (χ1n) is 6.52. The predicted octanol–water partition coefficient (Wildman–Crippen LogP) is 3.35. The second-order valence-electron chi connectivity index (χ2n) is 4.62. The van der Waals surface area contributed by atoms with Crippen LogP contribution in [0.1, 0.15) is 46.0 Å². The van der Waals surface area contributed by atoms with Gasteiger partial charge in [0.1, 0.15) is 0 Å². The number of hydrogen-bond acceptors (Lipinski definition) is 3. The molecule has 0 aromatic rings. The molecule has 0 fully saturated rings. The number of rotatable bonds is 10. The van der Waals surface area contributed by atoms with E-state index < -0.39 is 7.37 Å². The lowest BCUT2D eigenvalue weighted by atomic mass is 10.3. The second-order valence-corrected chi connectivity index (χ2v) is 7.21. The molecule has 5 heteroatoms. The van der Waals surface area contributed by atoms with Crippen molar-refractivity contribution < 1.29 is 19.0 Å². The minimum absolute atomic E-state index is 0.358. The van der Waals surface area contributed by atoms with Crippen LogP contribution >= 0.6 is 7.37 Å². The van der Waals surface area contributed by atoms with Crippen molar-refractivity contribution in [1.82, 2.24) is 0 Å². The highest BCUT2D eigenvalue weighted by Crippen LogP contribution is 2.42. The number of hydrogen-bond donors (Lipinski definition) is 1. The quantitative estimate of drug-likeness (QED) is 0.288. The van der Waals surface area contributed by atoms with Gasteiger partial charge in [0.15, 0.2) is 0 Å². The Morgan fingerprint density at radius 2 is 1.83 bits per heavy atom. The molecular weight excluding hydrogens is 251 g/mol. The van der Waals surface area contributed by atoms with Gasteiger partial charge in [-0.05, 0) is 32.6 Å². The van der Waals surface area contributed by atoms with Crippen LogP contribution in [0.4, 0.5) is 0 Å². The molecule has 0 radical (unpaired) electrons. The molecule has 1 N–H and O–H groups in total. The molecule has 0 amide bonds. The Bertz CT molecular complexity index is 312. The van der Waals surface area contributed by atoms with E-state index in [-0.39, 0.29) is 5.97 Å². The molecule has 4 nitrogen and oxygen atoms in total. The van der Waals surface area contributed by atoms with Crippen LogP contribution in [0, 0.1) is 0 Å². The van der Waals surface area contributed by atoms with Gasteiger partial charge < -0.3 is 9.63 Å². The van der Waals surface area contributed by atoms with Crippen LogP contribution in [-0.2, 0) is 14.1 Å². The zero-order chi connectivity index (χ0) is 14.0. The van der Waals surface area contributed by atoms with Gasteiger partial charge in [0.05, 0.1) is 6.61 Å². The summed E-state index contributed by atoms with van der Waals surface area (Å²) in [6.45, 7) is 7.46. The Morgan fingerprint density at radius 1 is 1.22 bits per heavy atom. The third-order valence-electron chi connectivity index (χ3n) is 2.59. The van der Waals surface area contributed by atoms with Gasteiger partial charge in [-0.2, -0.15) is 0 Å². The van der Waals surface area contributed by atoms with Gasteiger partial charge in [0.25, 0.3) is 0 Å². The van der Waals surface area contributed by atoms with Gasteiger partial charge in [-0.1, -0.05) is 19.9 Å². The molecule has 0 aliphatic heterocycles. The van der Waals surface area contributed by atoms with E-state index in [0.29, 0.717) is 30.9 Å². The molecule has 0 saturated heterocycles. The van der Waals surface area contributed by atoms with Crippen LogP contribution < -0.4 is 0 Å². The van der Waals surface area contributed by atoms with E-state index in [1.54, 1.807) is 6.92 Å². The van der Waals surface area contributed by atoms with Crippen molar-refractivity contribution in [3.05, 3.63) is 12.2 Å². The van der Waals surface area contributed by atoms with Gasteiger partial charge >= 0.3 is 5.97 Å². The highest BCUT2D eigenvalue weighted by Gasteiger charge is 2.16. The van der Waals surface area contributed by atoms with Crippen molar-refractivity contribution in [2.24, 2.45) is 0 Å². The van der Waals surface area contributed by atoms with Crippen LogP contribution in [-0.4, -0.2) is 29.8 Å². The lowest BCUT2D eigenvalue weighted by Gasteiger charge is -2.10. The van der Waals surface area contributed by atoms with Crippen LogP contribution in [0.25, 0.3) is 0 Å². The largest absolute Gasteiger partial charge is 0.462 e. The summed E-state index contributed by atoms with van der Waals surface area (Å²) in [5.74, 6) is -0.370. The van der Waals surface area contributed by atoms with Crippen molar-refractivity contribution in [2.45, 2.75) is 46.0 Å². The normalized spacial score (nSPS) is 13.9. The number of carbonyl (C=O) groups is 1. The SMILES string of the molecule is C=C(C)C(=O)OCCCCCP(=O)(O)CCCC. The molecule has 0 bridgehead atoms. The third-order valence-corrected chi connectivity index (χ3v) is 4.62. The molecule has 0 aliphatic carbocycles. The maximum Gasteiger partial charge on any atom is 0.333 e. The molecule has 0 aliphatic rings. The zero-order valence-corrected chi connectivity index (χ0v) is 12.4. The van der Waals surface area contributed by atoms with E-state index in [9.17, 15) is 14.3 Å². The van der Waals surface area contributed by atoms with Crippen molar-refractivity contribution in [3.63, 3.8) is 0 Å². The number of ether oxygens (including phenoxy) is 1. The van der Waals surface area contributed by atoms with Gasteiger partial charge in [-0.25, -0.2) is 4.79 Å². The fourth-order valence-electron chi connectivity index (χ4n) is 1.44. The lowest BCUT2D eigenvalue weighted by molar-refractivity contribution is -0.139. The fraction of sp³-hybridized carbons (Fsp3) is 0.769. The van der Waals surface area contributed by atoms with Crippen molar-refractivity contribution >= 4 is 13.3 Å². The Hall–Kier alpha value is -0.600. The molecule has 0 aromatic carbocycles. The molecular formula is C13H25O4P. The van der Waals surface area contributed by atoms with E-state index >= 15 is 0 Å². The third kappa shape index (κ3) is 9.43. The van der Waals surface area contributed by atoms with Gasteiger partial charge in [0, 0.05) is 17.9 Å². The van der Waals surface area contributed by atoms with Gasteiger partial charge in [-0.3, -0.25) is 4.57 Å². The fourth-order valence-corrected chi connectivity index (χ4v) is 3.19. The highest BCUT2D eigenvalue weighted by molar-refractivity contribution is 7.57. The molecule has 0 spiro atoms. The number of esters is 1. The maximum atomic E-state index is 11.7. The first-order chi connectivity index (χ1) is 8.39. The minimum Gasteiger partial charge on any atom is -0.462 e. The first kappa shape index (κ1) is 17.4. The summed E-state index contributed by atoms with van der Waals surface area (Å²) in [5, 5.41) is 0. The molecule has 0 aromatic heterocycles. The summed E-state index contributed by atoms with van der Waals surface area (Å²) < 4.78 is 16.6. The Morgan fingerprint density at radius 3 is 2.39 bits per heavy atom. The monoisotopic (exact) mass is 276 g/mol. The second kappa shape index (κ2) is 9.35. The lowest BCUT2D eigenvalue weighted by Crippen LogP contribution is -2.06. The summed E-state index contributed by atoms with van der Waals surface area (Å²) in [7, 11) is -2.91. The summed E-state index contributed by atoms with van der Waals surface area (Å²) in [5.41, 5.74) is 0.398. The van der Waals surface area contributed by atoms with Crippen LogP contribution in [0.2, 0.25) is 0 Å². The molecule has 0 saturated carbocycles. The Kier molecular flexibility index (Phi) is 9.03. The molecule has 18 heavy (non-hydrogen) atoms. The minimum atomic E-state index is -2.91. The smallest absolute Gasteiger partial charge is 0.333 e. The van der Waals surface area contributed by atoms with Crippen LogP contribution in [0.5, 0.6) is 0 Å². The summed E-state index contributed by atoms with van der Waals surface area (Å²) in [4.78, 5) is 20.7. The van der Waals surface area contributed by atoms with Crippen LogP contribution in [0.15, 0.2) is 12.2 Å². The van der Waals surface area contributed by atoms with Gasteiger partial charge in [0.2, 0.25) is 7.37 Å². The topological polar surface area (TPSA) is 63.6 Å². The summed E-state index contributed by atoms with van der Waals surface area (Å²) >= 11 is 0. The molecule has 1 atom stereocenters. The Labute approximate surface area is 110 Å². The van der Waals surface area contributed by atoms with E-state index in [2.05, 4.69) is 6.58 Å². The molecule has 0 heterocycles. The van der Waals surface area contributed by atoms with E-state index in [0.717, 1.165) is 25.7 Å². The molecule has 1 unspecified atom stereocenters. The van der Waals surface area contributed by atoms with Crippen molar-refractivity contribution in [2.75, 3.05) is 18.9 Å². The number of carbonyl (C=O) groups excluding carboxylic acids is 1. The average molecular weight is 276 g/mol. The zero-order valence-electron chi connectivity index (χ0n) is 11.5. The van der Waals surface area contributed by atoms with Crippen molar-refractivity contribution in [1.29, 1.82) is 0 Å². The molecule has 106 valence electrons. The van der Waals surface area contributed by atoms with E-state index in [1.807, 2.05) is 6.92 Å². The highest BCUT2D eigenvalue weighted by atomic mass is 31.2. The van der Waals surface area contributed by atoms with E-state index in [4.69, 9.17) is 4.74 Å². The van der Waals surface area contributed by atoms with E-state index in [1.165, 1.54) is 0 Å². The standard InChI is InChI=1S/C13H25O4P/c1-4-5-10-18(15,16)11-8-6-7-9-17-13(14)12(2)3/h2,4-11H2,1,3H3,(H,15,16). The number of unbranched alkanes of at least 4 members (excludes halogenated alkanes) is 3. The van der Waals surface area contributed by atoms with Crippen LogP contribution in [0.3, 0.4) is 0 Å². The summed E-state index contributed by atoms with van der Waals surface area (Å²) in [6.07, 6.45) is 4.80. The average Bonchev–Trinajstić information content (AvgIpc) is 2.30. The Balaban J connectivity index is 3.53. The maximum absolute atomic E-state index is 11.7. The predicted molar refractivity (Wildman–Crippen MR) is 74.1 cm³/mol. The molecule has 0 rings (SSSR count). The van der Waals surface area contributed by atoms with Crippen molar-refractivity contribution in [3.8, 4) is 0 Å².